The van der Waals surface area contributed by atoms with Gasteiger partial charge in [-0.25, -0.2) is 0 Å². The van der Waals surface area contributed by atoms with Gasteiger partial charge in [0.15, 0.2) is 19.1 Å². The quantitative estimate of drug-likeness (QED) is 0.437. The van der Waals surface area contributed by atoms with Gasteiger partial charge in [-0.2, -0.15) is 10.5 Å². The first kappa shape index (κ1) is 18.9. The lowest BCUT2D eigenvalue weighted by Crippen LogP contribution is -2.48. The van der Waals surface area contributed by atoms with E-state index in [0.29, 0.717) is 0 Å². The third-order valence-electron chi connectivity index (χ3n) is 2.67. The molecule has 0 unspecified atom stereocenters. The van der Waals surface area contributed by atoms with Gasteiger partial charge in [0, 0.05) is 25.9 Å². The molecular formula is C12H26N5O+. The molecular weight excluding hydrogens is 230 g/mol. The summed E-state index contributed by atoms with van der Waals surface area (Å²) in [6, 6.07) is 0. The van der Waals surface area contributed by atoms with E-state index in [-0.39, 0.29) is 0 Å². The Labute approximate surface area is 110 Å². The van der Waals surface area contributed by atoms with Gasteiger partial charge in [-0.1, -0.05) is 13.8 Å². The van der Waals surface area contributed by atoms with E-state index < -0.39 is 0 Å². The van der Waals surface area contributed by atoms with Crippen LogP contribution in [0.5, 0.6) is 0 Å². The fourth-order valence-corrected chi connectivity index (χ4v) is 2.42. The Morgan fingerprint density at radius 1 is 1.17 bits per heavy atom. The second-order valence-corrected chi connectivity index (χ2v) is 4.75. The summed E-state index contributed by atoms with van der Waals surface area (Å²) in [6.45, 7) is 9.45. The molecule has 6 nitrogen and oxygen atoms in total. The van der Waals surface area contributed by atoms with Gasteiger partial charge in [-0.05, 0) is 0 Å². The number of nitrogens with zero attached hydrogens (tertiary/aromatic N) is 3. The third-order valence-corrected chi connectivity index (χ3v) is 2.67. The summed E-state index contributed by atoms with van der Waals surface area (Å²) < 4.78 is 6.50. The number of nitriles is 2. The number of methoxy groups -OCH3 is 1. The molecule has 1 aliphatic heterocycles. The van der Waals surface area contributed by atoms with Crippen molar-refractivity contribution < 1.29 is 9.22 Å². The molecule has 0 aromatic rings. The number of rotatable bonds is 4. The van der Waals surface area contributed by atoms with Crippen molar-refractivity contribution >= 4 is 0 Å². The topological polar surface area (TPSA) is 109 Å². The summed E-state index contributed by atoms with van der Waals surface area (Å²) in [5, 5.41) is 14.2. The highest BCUT2D eigenvalue weighted by Gasteiger charge is 2.32. The average molecular weight is 256 g/mol. The predicted molar refractivity (Wildman–Crippen MR) is 70.4 cm³/mol. The number of nitrogens with two attached hydrogens (primary N) is 2. The Morgan fingerprint density at radius 3 is 1.83 bits per heavy atom. The van der Waals surface area contributed by atoms with E-state index in [1.165, 1.54) is 49.3 Å². The van der Waals surface area contributed by atoms with Crippen molar-refractivity contribution in [3.05, 3.63) is 0 Å². The van der Waals surface area contributed by atoms with Crippen LogP contribution in [0.15, 0.2) is 0 Å². The van der Waals surface area contributed by atoms with Crippen LogP contribution in [-0.2, 0) is 4.74 Å². The molecule has 0 aliphatic carbocycles. The predicted octanol–water partition coefficient (Wildman–Crippen LogP) is 0.709. The second kappa shape index (κ2) is 12.0. The Bertz CT molecular complexity index is 249. The van der Waals surface area contributed by atoms with Gasteiger partial charge >= 0.3 is 0 Å². The molecule has 104 valence electrons. The fraction of sp³-hybridized carbons (Fsp3) is 0.833. The van der Waals surface area contributed by atoms with Gasteiger partial charge in [-0.15, -0.1) is 0 Å². The highest BCUT2D eigenvalue weighted by Crippen LogP contribution is 2.21. The molecule has 1 aliphatic rings. The van der Waals surface area contributed by atoms with Crippen molar-refractivity contribution in [2.75, 3.05) is 33.5 Å². The second-order valence-electron chi connectivity index (χ2n) is 4.75. The van der Waals surface area contributed by atoms with E-state index in [0.717, 1.165) is 12.6 Å². The van der Waals surface area contributed by atoms with Crippen LogP contribution in [0.1, 0.15) is 26.7 Å². The molecule has 1 heterocycles. The van der Waals surface area contributed by atoms with E-state index in [1.807, 2.05) is 7.11 Å². The Kier molecular flexibility index (Phi) is 12.5. The van der Waals surface area contributed by atoms with Crippen molar-refractivity contribution in [2.45, 2.75) is 26.7 Å². The molecule has 6 heteroatoms. The number of hydrogen-bond acceptors (Lipinski definition) is 5. The van der Waals surface area contributed by atoms with Gasteiger partial charge in [-0.3, -0.25) is 0 Å². The number of quaternary nitrogens is 1. The van der Waals surface area contributed by atoms with Gasteiger partial charge in [0.05, 0.1) is 19.6 Å². The maximum Gasteiger partial charge on any atom is 0.182 e. The zero-order valence-electron chi connectivity index (χ0n) is 11.7. The smallest absolute Gasteiger partial charge is 0.182 e. The monoisotopic (exact) mass is 256 g/mol. The largest absolute Gasteiger partial charge is 0.337 e. The SMILES string of the molecule is COC[N+]1(CC(C)C)CCCC1.N#CN.N#CN. The van der Waals surface area contributed by atoms with E-state index in [4.69, 9.17) is 15.3 Å². The minimum Gasteiger partial charge on any atom is -0.337 e. The molecule has 0 aromatic carbocycles. The van der Waals surface area contributed by atoms with Crippen molar-refractivity contribution in [3.63, 3.8) is 0 Å². The van der Waals surface area contributed by atoms with Crippen LogP contribution in [0.3, 0.4) is 0 Å². The average Bonchev–Trinajstić information content (AvgIpc) is 2.68. The number of ether oxygens (including phenoxy) is 1. The highest BCUT2D eigenvalue weighted by atomic mass is 16.5. The highest BCUT2D eigenvalue weighted by molar-refractivity contribution is 4.54. The third kappa shape index (κ3) is 9.71. The maximum atomic E-state index is 7.10. The molecule has 1 saturated heterocycles. The minimum atomic E-state index is 0.790. The van der Waals surface area contributed by atoms with Crippen molar-refractivity contribution in [1.82, 2.24) is 0 Å². The van der Waals surface area contributed by atoms with Crippen molar-refractivity contribution in [1.29, 1.82) is 10.5 Å². The molecule has 0 spiro atoms. The summed E-state index contributed by atoms with van der Waals surface area (Å²) in [4.78, 5) is 0. The summed E-state index contributed by atoms with van der Waals surface area (Å²) in [5.74, 6) is 0.790. The van der Waals surface area contributed by atoms with Gasteiger partial charge < -0.3 is 20.7 Å². The van der Waals surface area contributed by atoms with Crippen LogP contribution in [0, 0.1) is 28.8 Å². The van der Waals surface area contributed by atoms with Gasteiger partial charge in [0.2, 0.25) is 0 Å². The van der Waals surface area contributed by atoms with Crippen molar-refractivity contribution in [2.24, 2.45) is 17.4 Å². The van der Waals surface area contributed by atoms with Crippen LogP contribution in [0.2, 0.25) is 0 Å². The summed E-state index contributed by atoms with van der Waals surface area (Å²) >= 11 is 0. The Balaban J connectivity index is 0. The molecule has 18 heavy (non-hydrogen) atoms. The molecule has 0 saturated carbocycles. The van der Waals surface area contributed by atoms with Crippen LogP contribution >= 0.6 is 0 Å². The number of likely N-dealkylation sites (tertiary alicyclic amines) is 1. The zero-order chi connectivity index (χ0) is 14.4. The minimum absolute atomic E-state index is 0.790. The van der Waals surface area contributed by atoms with Crippen LogP contribution in [0.25, 0.3) is 0 Å². The molecule has 1 rings (SSSR count). The summed E-state index contributed by atoms with van der Waals surface area (Å²) in [6.07, 6.45) is 5.27. The lowest BCUT2D eigenvalue weighted by molar-refractivity contribution is -0.937. The number of hydrogen-bond donors (Lipinski definition) is 2. The Morgan fingerprint density at radius 2 is 1.56 bits per heavy atom. The zero-order valence-corrected chi connectivity index (χ0v) is 11.7. The maximum absolute atomic E-state index is 7.10. The first-order valence-electron chi connectivity index (χ1n) is 6.05. The molecule has 0 atom stereocenters. The molecule has 1 fully saturated rings. The lowest BCUT2D eigenvalue weighted by atomic mass is 10.2. The molecule has 0 amide bonds. The lowest BCUT2D eigenvalue weighted by Gasteiger charge is -2.34. The Hall–Kier alpha value is -1.50. The molecule has 0 aromatic heterocycles. The summed E-state index contributed by atoms with van der Waals surface area (Å²) in [7, 11) is 1.82. The molecule has 4 N–H and O–H groups in total. The van der Waals surface area contributed by atoms with Gasteiger partial charge in [0.25, 0.3) is 0 Å². The van der Waals surface area contributed by atoms with Crippen LogP contribution in [-0.4, -0.2) is 38.0 Å². The fourth-order valence-electron chi connectivity index (χ4n) is 2.42. The first-order chi connectivity index (χ1) is 8.51. The first-order valence-corrected chi connectivity index (χ1v) is 6.05. The van der Waals surface area contributed by atoms with Crippen LogP contribution < -0.4 is 11.5 Å². The van der Waals surface area contributed by atoms with Crippen LogP contribution in [0.4, 0.5) is 0 Å². The van der Waals surface area contributed by atoms with E-state index in [2.05, 4.69) is 25.3 Å². The normalized spacial score (nSPS) is 15.4. The molecule has 0 radical (unpaired) electrons. The van der Waals surface area contributed by atoms with E-state index in [1.54, 1.807) is 0 Å². The summed E-state index contributed by atoms with van der Waals surface area (Å²) in [5.41, 5.74) is 8.31. The van der Waals surface area contributed by atoms with E-state index >= 15 is 0 Å². The molecule has 0 bridgehead atoms. The van der Waals surface area contributed by atoms with Gasteiger partial charge in [0.1, 0.15) is 0 Å². The van der Waals surface area contributed by atoms with E-state index in [9.17, 15) is 0 Å². The standard InChI is InChI=1S/C10H22NO.2CH2N2/c1-10(2)8-11(9-12-3)6-4-5-7-11;2*2-1-3/h10H,4-9H2,1-3H3;2*2H2/q+1;;. The van der Waals surface area contributed by atoms with Crippen molar-refractivity contribution in [3.8, 4) is 12.4 Å².